The zero-order valence-corrected chi connectivity index (χ0v) is 19.2. The smallest absolute Gasteiger partial charge is 0.271 e. The first-order valence-electron chi connectivity index (χ1n) is 9.29. The van der Waals surface area contributed by atoms with Crippen LogP contribution >= 0.6 is 34.2 Å². The first-order chi connectivity index (χ1) is 14.6. The maximum absolute atomic E-state index is 12.1. The number of nitrogens with one attached hydrogen (secondary N) is 1. The second kappa shape index (κ2) is 11.0. The Morgan fingerprint density at radius 1 is 1.10 bits per heavy atom. The largest absolute Gasteiger partial charge is 0.490 e. The predicted molar refractivity (Wildman–Crippen MR) is 128 cm³/mol. The second-order valence-electron chi connectivity index (χ2n) is 6.21. The van der Waals surface area contributed by atoms with Gasteiger partial charge < -0.3 is 9.47 Å². The highest BCUT2D eigenvalue weighted by Crippen LogP contribution is 2.35. The Labute approximate surface area is 194 Å². The van der Waals surface area contributed by atoms with Gasteiger partial charge >= 0.3 is 0 Å². The number of ether oxygens (including phenoxy) is 2. The van der Waals surface area contributed by atoms with Gasteiger partial charge in [0.05, 0.1) is 16.4 Å². The minimum atomic E-state index is -0.272. The summed E-state index contributed by atoms with van der Waals surface area (Å²) in [6.07, 6.45) is 1.57. The van der Waals surface area contributed by atoms with Gasteiger partial charge in [-0.3, -0.25) is 4.79 Å². The van der Waals surface area contributed by atoms with Gasteiger partial charge in [0, 0.05) is 16.1 Å². The zero-order valence-electron chi connectivity index (χ0n) is 16.3. The highest BCUT2D eigenvalue weighted by Gasteiger charge is 2.13. The summed E-state index contributed by atoms with van der Waals surface area (Å²) >= 11 is 8.41. The first kappa shape index (κ1) is 22.1. The van der Waals surface area contributed by atoms with Crippen molar-refractivity contribution >= 4 is 46.3 Å². The van der Waals surface area contributed by atoms with Crippen molar-refractivity contribution in [3.63, 3.8) is 0 Å². The molecule has 0 spiro atoms. The van der Waals surface area contributed by atoms with Crippen molar-refractivity contribution in [2.45, 2.75) is 13.5 Å². The van der Waals surface area contributed by atoms with Crippen LogP contribution in [0.4, 0.5) is 0 Å². The lowest BCUT2D eigenvalue weighted by Gasteiger charge is -2.15. The molecule has 0 saturated carbocycles. The van der Waals surface area contributed by atoms with E-state index >= 15 is 0 Å². The average Bonchev–Trinajstić information content (AvgIpc) is 2.75. The molecule has 0 aromatic heterocycles. The Bertz CT molecular complexity index is 1040. The summed E-state index contributed by atoms with van der Waals surface area (Å²) in [5, 5.41) is 4.71. The Morgan fingerprint density at radius 3 is 2.57 bits per heavy atom. The summed E-state index contributed by atoms with van der Waals surface area (Å²) in [7, 11) is 0. The van der Waals surface area contributed by atoms with Crippen LogP contribution in [0.25, 0.3) is 0 Å². The Balaban J connectivity index is 1.73. The van der Waals surface area contributed by atoms with Crippen molar-refractivity contribution < 1.29 is 14.3 Å². The van der Waals surface area contributed by atoms with E-state index in [4.69, 9.17) is 21.1 Å². The molecular formula is C23H20ClIN2O3. The maximum atomic E-state index is 12.1. The molecule has 0 atom stereocenters. The predicted octanol–water partition coefficient (Wildman–Crippen LogP) is 5.69. The summed E-state index contributed by atoms with van der Waals surface area (Å²) in [5.41, 5.74) is 4.75. The van der Waals surface area contributed by atoms with Gasteiger partial charge in [0.15, 0.2) is 11.5 Å². The molecule has 0 saturated heterocycles. The fourth-order valence-electron chi connectivity index (χ4n) is 2.65. The van der Waals surface area contributed by atoms with Crippen LogP contribution in [-0.4, -0.2) is 18.7 Å². The molecular weight excluding hydrogens is 515 g/mol. The van der Waals surface area contributed by atoms with Crippen LogP contribution in [0.2, 0.25) is 5.02 Å². The third-order valence-corrected chi connectivity index (χ3v) is 5.25. The molecule has 1 N–H and O–H groups in total. The van der Waals surface area contributed by atoms with E-state index in [2.05, 4.69) is 33.1 Å². The summed E-state index contributed by atoms with van der Waals surface area (Å²) < 4.78 is 12.6. The number of halogens is 2. The number of benzene rings is 3. The minimum absolute atomic E-state index is 0.272. The number of carbonyl (C=O) groups is 1. The van der Waals surface area contributed by atoms with E-state index in [1.165, 1.54) is 0 Å². The van der Waals surface area contributed by atoms with Crippen molar-refractivity contribution in [1.82, 2.24) is 5.43 Å². The van der Waals surface area contributed by atoms with E-state index in [1.54, 1.807) is 30.5 Å². The Hall–Kier alpha value is -2.58. The van der Waals surface area contributed by atoms with E-state index in [9.17, 15) is 4.79 Å². The molecule has 0 aliphatic rings. The topological polar surface area (TPSA) is 59.9 Å². The molecule has 0 bridgehead atoms. The van der Waals surface area contributed by atoms with Crippen molar-refractivity contribution in [2.24, 2.45) is 5.10 Å². The van der Waals surface area contributed by atoms with E-state index in [-0.39, 0.29) is 5.91 Å². The van der Waals surface area contributed by atoms with Crippen LogP contribution in [-0.2, 0) is 6.61 Å². The molecule has 5 nitrogen and oxygen atoms in total. The molecule has 0 fully saturated rings. The Kier molecular flexibility index (Phi) is 8.10. The summed E-state index contributed by atoms with van der Waals surface area (Å²) in [4.78, 5) is 12.1. The van der Waals surface area contributed by atoms with Crippen molar-refractivity contribution in [3.05, 3.63) is 92.0 Å². The van der Waals surface area contributed by atoms with Gasteiger partial charge in [-0.2, -0.15) is 5.10 Å². The molecule has 154 valence electrons. The van der Waals surface area contributed by atoms with Gasteiger partial charge in [0.25, 0.3) is 5.91 Å². The first-order valence-corrected chi connectivity index (χ1v) is 10.7. The number of nitrogens with zero attached hydrogens (tertiary/aromatic N) is 1. The van der Waals surface area contributed by atoms with E-state index in [1.807, 2.05) is 49.4 Å². The standard InChI is InChI=1S/C23H20ClIN2O3/c1-2-29-21-13-16(14-26-27-23(28)17-8-4-3-5-9-17)12-20(25)22(21)30-15-18-10-6-7-11-19(18)24/h3-14H,2,15H2,1H3,(H,27,28)/b26-14-. The maximum Gasteiger partial charge on any atom is 0.271 e. The normalized spacial score (nSPS) is 10.8. The lowest BCUT2D eigenvalue weighted by atomic mass is 10.2. The van der Waals surface area contributed by atoms with Gasteiger partial charge in [-0.15, -0.1) is 0 Å². The van der Waals surface area contributed by atoms with Crippen molar-refractivity contribution in [3.8, 4) is 11.5 Å². The number of rotatable bonds is 8. The fraction of sp³-hybridized carbons (Fsp3) is 0.130. The molecule has 0 heterocycles. The molecule has 0 radical (unpaired) electrons. The lowest BCUT2D eigenvalue weighted by molar-refractivity contribution is 0.0955. The summed E-state index contributed by atoms with van der Waals surface area (Å²) in [6.45, 7) is 2.73. The SMILES string of the molecule is CCOc1cc(/C=N\NC(=O)c2ccccc2)cc(I)c1OCc1ccccc1Cl. The van der Waals surface area contributed by atoms with Gasteiger partial charge in [0.2, 0.25) is 0 Å². The number of hydrazone groups is 1. The molecule has 3 aromatic rings. The molecule has 7 heteroatoms. The average molecular weight is 535 g/mol. The van der Waals surface area contributed by atoms with Crippen LogP contribution < -0.4 is 14.9 Å². The molecule has 0 aliphatic heterocycles. The number of hydrogen-bond acceptors (Lipinski definition) is 4. The molecule has 3 aromatic carbocycles. The van der Waals surface area contributed by atoms with Gasteiger partial charge in [-0.25, -0.2) is 5.43 Å². The van der Waals surface area contributed by atoms with E-state index < -0.39 is 0 Å². The van der Waals surface area contributed by atoms with Crippen molar-refractivity contribution in [1.29, 1.82) is 0 Å². The van der Waals surface area contributed by atoms with E-state index in [0.29, 0.717) is 35.3 Å². The van der Waals surface area contributed by atoms with Crippen LogP contribution in [0, 0.1) is 3.57 Å². The summed E-state index contributed by atoms with van der Waals surface area (Å²) in [6, 6.07) is 20.2. The monoisotopic (exact) mass is 534 g/mol. The number of hydrogen-bond donors (Lipinski definition) is 1. The summed E-state index contributed by atoms with van der Waals surface area (Å²) in [5.74, 6) is 0.974. The molecule has 1 amide bonds. The third-order valence-electron chi connectivity index (χ3n) is 4.08. The molecule has 3 rings (SSSR count). The Morgan fingerprint density at radius 2 is 1.83 bits per heavy atom. The third kappa shape index (κ3) is 5.96. The zero-order chi connectivity index (χ0) is 21.3. The quantitative estimate of drug-likeness (QED) is 0.230. The van der Waals surface area contributed by atoms with Gasteiger partial charge in [0.1, 0.15) is 6.61 Å². The van der Waals surface area contributed by atoms with Crippen LogP contribution in [0.15, 0.2) is 71.8 Å². The highest BCUT2D eigenvalue weighted by atomic mass is 127. The number of carbonyl (C=O) groups excluding carboxylic acids is 1. The van der Waals surface area contributed by atoms with Crippen LogP contribution in [0.5, 0.6) is 11.5 Å². The molecule has 0 aliphatic carbocycles. The highest BCUT2D eigenvalue weighted by molar-refractivity contribution is 14.1. The molecule has 30 heavy (non-hydrogen) atoms. The van der Waals surface area contributed by atoms with E-state index in [0.717, 1.165) is 14.7 Å². The van der Waals surface area contributed by atoms with Crippen LogP contribution in [0.1, 0.15) is 28.4 Å². The lowest BCUT2D eigenvalue weighted by Crippen LogP contribution is -2.17. The fourth-order valence-corrected chi connectivity index (χ4v) is 3.62. The van der Waals surface area contributed by atoms with Gasteiger partial charge in [-0.05, 0) is 65.4 Å². The van der Waals surface area contributed by atoms with Crippen LogP contribution in [0.3, 0.4) is 0 Å². The molecule has 0 unspecified atom stereocenters. The number of amides is 1. The minimum Gasteiger partial charge on any atom is -0.490 e. The van der Waals surface area contributed by atoms with Crippen molar-refractivity contribution in [2.75, 3.05) is 6.61 Å². The second-order valence-corrected chi connectivity index (χ2v) is 7.78. The van der Waals surface area contributed by atoms with Gasteiger partial charge in [-0.1, -0.05) is 48.0 Å².